The molecule has 3 heterocycles. The van der Waals surface area contributed by atoms with Crippen LogP contribution in [-0.2, 0) is 13.5 Å². The normalized spacial score (nSPS) is 20.5. The Kier molecular flexibility index (Phi) is 5.23. The average molecular weight is 351 g/mol. The Morgan fingerprint density at radius 1 is 1.12 bits per heavy atom. The predicted molar refractivity (Wildman–Crippen MR) is 107 cm³/mol. The van der Waals surface area contributed by atoms with Crippen LogP contribution < -0.4 is 4.90 Å². The van der Waals surface area contributed by atoms with Gasteiger partial charge in [0, 0.05) is 38.9 Å². The molecule has 1 fully saturated rings. The van der Waals surface area contributed by atoms with Gasteiger partial charge in [0.2, 0.25) is 5.96 Å². The maximum atomic E-state index is 4.81. The minimum absolute atomic E-state index is 0.779. The second-order valence-corrected chi connectivity index (χ2v) is 7.51. The summed E-state index contributed by atoms with van der Waals surface area (Å²) in [7, 11) is 1.97. The molecule has 0 saturated carbocycles. The van der Waals surface area contributed by atoms with E-state index in [0.717, 1.165) is 43.9 Å². The first-order chi connectivity index (χ1) is 12.8. The molecule has 0 aliphatic carbocycles. The fourth-order valence-electron chi connectivity index (χ4n) is 4.19. The molecule has 0 spiro atoms. The lowest BCUT2D eigenvalue weighted by Gasteiger charge is -2.36. The number of aliphatic imine (C=N–C) groups is 1. The van der Waals surface area contributed by atoms with E-state index in [9.17, 15) is 0 Å². The standard InChI is InChI=1S/C21H29N5/c1-24-15-12-20(23-24)26-16-13-22-21(26)25-14-6-11-19(17-25)10-5-9-18-7-3-2-4-8-18/h2-4,7-8,12,15,19H,5-6,9-11,13-14,16-17H2,1H3. The van der Waals surface area contributed by atoms with Gasteiger partial charge in [0.15, 0.2) is 5.82 Å². The number of guanidine groups is 1. The van der Waals surface area contributed by atoms with Crippen molar-refractivity contribution in [2.45, 2.75) is 32.1 Å². The first-order valence-corrected chi connectivity index (χ1v) is 9.90. The third kappa shape index (κ3) is 3.92. The molecular formula is C21H29N5. The van der Waals surface area contributed by atoms with Crippen LogP contribution >= 0.6 is 0 Å². The molecule has 0 radical (unpaired) electrons. The fraction of sp³-hybridized carbons (Fsp3) is 0.524. The highest BCUT2D eigenvalue weighted by molar-refractivity contribution is 5.96. The first-order valence-electron chi connectivity index (χ1n) is 9.90. The van der Waals surface area contributed by atoms with Crippen LogP contribution in [0.25, 0.3) is 0 Å². The van der Waals surface area contributed by atoms with Gasteiger partial charge in [0.25, 0.3) is 0 Å². The van der Waals surface area contributed by atoms with E-state index in [1.807, 2.05) is 17.9 Å². The number of aromatic nitrogens is 2. The topological polar surface area (TPSA) is 36.7 Å². The monoisotopic (exact) mass is 351 g/mol. The molecule has 4 rings (SSSR count). The van der Waals surface area contributed by atoms with Gasteiger partial charge in [0.1, 0.15) is 0 Å². The molecule has 1 aromatic carbocycles. The van der Waals surface area contributed by atoms with E-state index in [1.54, 1.807) is 0 Å². The Morgan fingerprint density at radius 3 is 2.81 bits per heavy atom. The molecule has 1 saturated heterocycles. The van der Waals surface area contributed by atoms with Crippen LogP contribution in [0, 0.1) is 5.92 Å². The van der Waals surface area contributed by atoms with Crippen LogP contribution in [0.1, 0.15) is 31.2 Å². The van der Waals surface area contributed by atoms with Gasteiger partial charge in [-0.15, -0.1) is 0 Å². The smallest absolute Gasteiger partial charge is 0.202 e. The van der Waals surface area contributed by atoms with Gasteiger partial charge >= 0.3 is 0 Å². The van der Waals surface area contributed by atoms with Crippen LogP contribution in [-0.4, -0.2) is 46.8 Å². The molecule has 5 heteroatoms. The molecule has 26 heavy (non-hydrogen) atoms. The van der Waals surface area contributed by atoms with Gasteiger partial charge in [-0.25, -0.2) is 0 Å². The van der Waals surface area contributed by atoms with Gasteiger partial charge < -0.3 is 4.90 Å². The number of aryl methyl sites for hydroxylation is 2. The molecule has 2 aliphatic rings. The lowest BCUT2D eigenvalue weighted by Crippen LogP contribution is -2.47. The summed E-state index contributed by atoms with van der Waals surface area (Å²) in [5.41, 5.74) is 1.46. The summed E-state index contributed by atoms with van der Waals surface area (Å²) < 4.78 is 1.87. The Labute approximate surface area is 156 Å². The van der Waals surface area contributed by atoms with Crippen LogP contribution in [0.3, 0.4) is 0 Å². The minimum atomic E-state index is 0.779. The second-order valence-electron chi connectivity index (χ2n) is 7.51. The van der Waals surface area contributed by atoms with Crippen LogP contribution in [0.15, 0.2) is 47.6 Å². The minimum Gasteiger partial charge on any atom is -0.342 e. The van der Waals surface area contributed by atoms with E-state index < -0.39 is 0 Å². The SMILES string of the molecule is Cn1ccc(N2CCN=C2N2CCCC(CCCc3ccccc3)C2)n1. The molecule has 5 nitrogen and oxygen atoms in total. The molecule has 138 valence electrons. The molecule has 1 unspecified atom stereocenters. The van der Waals surface area contributed by atoms with Crippen molar-refractivity contribution in [3.63, 3.8) is 0 Å². The zero-order chi connectivity index (χ0) is 17.8. The average Bonchev–Trinajstić information content (AvgIpc) is 3.32. The molecule has 0 amide bonds. The van der Waals surface area contributed by atoms with E-state index in [4.69, 9.17) is 4.99 Å². The van der Waals surface area contributed by atoms with Crippen molar-refractivity contribution in [1.82, 2.24) is 14.7 Å². The highest BCUT2D eigenvalue weighted by atomic mass is 15.5. The van der Waals surface area contributed by atoms with Crippen molar-refractivity contribution in [3.05, 3.63) is 48.2 Å². The van der Waals surface area contributed by atoms with E-state index in [0.29, 0.717) is 0 Å². The summed E-state index contributed by atoms with van der Waals surface area (Å²) in [6.07, 6.45) is 8.40. The predicted octanol–water partition coefficient (Wildman–Crippen LogP) is 3.33. The zero-order valence-electron chi connectivity index (χ0n) is 15.7. The number of nitrogens with zero attached hydrogens (tertiary/aromatic N) is 5. The second kappa shape index (κ2) is 7.94. The van der Waals surface area contributed by atoms with Gasteiger partial charge in [-0.05, 0) is 43.6 Å². The lowest BCUT2D eigenvalue weighted by molar-refractivity contribution is 0.243. The molecule has 1 aromatic heterocycles. The van der Waals surface area contributed by atoms with Gasteiger partial charge in [-0.3, -0.25) is 14.6 Å². The molecule has 0 bridgehead atoms. The van der Waals surface area contributed by atoms with Gasteiger partial charge in [0.05, 0.1) is 6.54 Å². The number of hydrogen-bond acceptors (Lipinski definition) is 4. The van der Waals surface area contributed by atoms with E-state index in [2.05, 4.69) is 51.3 Å². The van der Waals surface area contributed by atoms with Crippen molar-refractivity contribution in [2.75, 3.05) is 31.1 Å². The van der Waals surface area contributed by atoms with E-state index in [-0.39, 0.29) is 0 Å². The first kappa shape index (κ1) is 17.1. The summed E-state index contributed by atoms with van der Waals surface area (Å²) >= 11 is 0. The highest BCUT2D eigenvalue weighted by Crippen LogP contribution is 2.25. The van der Waals surface area contributed by atoms with E-state index in [1.165, 1.54) is 37.7 Å². The fourth-order valence-corrected chi connectivity index (χ4v) is 4.19. The third-order valence-corrected chi connectivity index (χ3v) is 5.52. The van der Waals surface area contributed by atoms with Crippen LogP contribution in [0.5, 0.6) is 0 Å². The molecule has 2 aromatic rings. The Bertz CT molecular complexity index is 736. The number of rotatable bonds is 5. The lowest BCUT2D eigenvalue weighted by atomic mass is 9.92. The number of anilines is 1. The molecular weight excluding hydrogens is 322 g/mol. The van der Waals surface area contributed by atoms with Crippen molar-refractivity contribution in [2.24, 2.45) is 18.0 Å². The Balaban J connectivity index is 1.33. The summed E-state index contributed by atoms with van der Waals surface area (Å²) in [6.45, 7) is 4.08. The zero-order valence-corrected chi connectivity index (χ0v) is 15.7. The van der Waals surface area contributed by atoms with Gasteiger partial charge in [-0.1, -0.05) is 30.3 Å². The third-order valence-electron chi connectivity index (χ3n) is 5.52. The largest absolute Gasteiger partial charge is 0.342 e. The maximum Gasteiger partial charge on any atom is 0.202 e. The van der Waals surface area contributed by atoms with E-state index >= 15 is 0 Å². The number of benzene rings is 1. The number of piperidine rings is 1. The maximum absolute atomic E-state index is 4.81. The van der Waals surface area contributed by atoms with Crippen LogP contribution in [0.2, 0.25) is 0 Å². The molecule has 1 atom stereocenters. The quantitative estimate of drug-likeness (QED) is 0.829. The summed E-state index contributed by atoms with van der Waals surface area (Å²) in [6, 6.07) is 12.9. The van der Waals surface area contributed by atoms with Crippen molar-refractivity contribution in [3.8, 4) is 0 Å². The van der Waals surface area contributed by atoms with Crippen molar-refractivity contribution in [1.29, 1.82) is 0 Å². The molecule has 0 N–H and O–H groups in total. The number of likely N-dealkylation sites (tertiary alicyclic amines) is 1. The molecule has 2 aliphatic heterocycles. The summed E-state index contributed by atoms with van der Waals surface area (Å²) in [4.78, 5) is 9.59. The number of hydrogen-bond donors (Lipinski definition) is 0. The summed E-state index contributed by atoms with van der Waals surface area (Å²) in [5, 5.41) is 4.58. The van der Waals surface area contributed by atoms with Crippen molar-refractivity contribution < 1.29 is 0 Å². The van der Waals surface area contributed by atoms with Crippen LogP contribution in [0.4, 0.5) is 5.82 Å². The Morgan fingerprint density at radius 2 is 2.00 bits per heavy atom. The van der Waals surface area contributed by atoms with Crippen molar-refractivity contribution >= 4 is 11.8 Å². The highest BCUT2D eigenvalue weighted by Gasteiger charge is 2.29. The summed E-state index contributed by atoms with van der Waals surface area (Å²) in [5.74, 6) is 2.94. The van der Waals surface area contributed by atoms with Gasteiger partial charge in [-0.2, -0.15) is 5.10 Å². The Hall–Kier alpha value is -2.30.